The van der Waals surface area contributed by atoms with Gasteiger partial charge in [-0.15, -0.1) is 0 Å². The zero-order valence-electron chi connectivity index (χ0n) is 12.7. The van der Waals surface area contributed by atoms with E-state index in [1.807, 2.05) is 0 Å². The normalized spacial score (nSPS) is 23.5. The maximum Gasteiger partial charge on any atom is 0.418 e. The molecular weight excluding hydrogens is 397 g/mol. The highest BCUT2D eigenvalue weighted by Gasteiger charge is 2.43. The second kappa shape index (κ2) is 6.75. The number of halogens is 4. The molecule has 6 nitrogen and oxygen atoms in total. The molecule has 0 aromatic heterocycles. The molecule has 0 saturated heterocycles. The first kappa shape index (κ1) is 18.8. The minimum Gasteiger partial charge on any atom is -0.492 e. The number of anilines is 1. The quantitative estimate of drug-likeness (QED) is 0.422. The van der Waals surface area contributed by atoms with Crippen LogP contribution >= 0.6 is 15.9 Å². The summed E-state index contributed by atoms with van der Waals surface area (Å²) in [6.45, 7) is 1.63. The first-order valence-electron chi connectivity index (χ1n) is 7.11. The van der Waals surface area contributed by atoms with Gasteiger partial charge in [0.1, 0.15) is 11.4 Å². The summed E-state index contributed by atoms with van der Waals surface area (Å²) in [5.74, 6) is -0.223. The van der Waals surface area contributed by atoms with E-state index in [1.54, 1.807) is 6.92 Å². The molecule has 0 unspecified atom stereocenters. The van der Waals surface area contributed by atoms with Crippen LogP contribution in [0.25, 0.3) is 0 Å². The van der Waals surface area contributed by atoms with E-state index in [2.05, 4.69) is 21.2 Å². The minimum absolute atomic E-state index is 0.0761. The SMILES string of the molecule is CC1(O)CC(Nc2c([N+](=O)[O-])cc(OCCBr)cc2C(F)(F)F)C1. The van der Waals surface area contributed by atoms with Crippen molar-refractivity contribution in [3.63, 3.8) is 0 Å². The van der Waals surface area contributed by atoms with Crippen LogP contribution in [0.4, 0.5) is 24.5 Å². The van der Waals surface area contributed by atoms with E-state index in [4.69, 9.17) is 4.74 Å². The lowest BCUT2D eigenvalue weighted by atomic mass is 9.77. The van der Waals surface area contributed by atoms with Crippen molar-refractivity contribution < 1.29 is 27.9 Å². The van der Waals surface area contributed by atoms with Crippen molar-refractivity contribution in [3.8, 4) is 5.75 Å². The number of rotatable bonds is 6. The van der Waals surface area contributed by atoms with Gasteiger partial charge < -0.3 is 15.2 Å². The van der Waals surface area contributed by atoms with E-state index < -0.39 is 39.7 Å². The van der Waals surface area contributed by atoms with Crippen LogP contribution in [0.2, 0.25) is 0 Å². The zero-order chi connectivity index (χ0) is 18.1. The predicted octanol–water partition coefficient (Wildman–Crippen LogP) is 3.71. The Kier molecular flexibility index (Phi) is 5.28. The monoisotopic (exact) mass is 412 g/mol. The molecule has 0 bridgehead atoms. The lowest BCUT2D eigenvalue weighted by Gasteiger charge is -2.41. The number of aliphatic hydroxyl groups is 1. The van der Waals surface area contributed by atoms with Gasteiger partial charge in [-0.1, -0.05) is 15.9 Å². The van der Waals surface area contributed by atoms with Crippen LogP contribution in [0.3, 0.4) is 0 Å². The van der Waals surface area contributed by atoms with Crippen molar-refractivity contribution in [2.24, 2.45) is 0 Å². The van der Waals surface area contributed by atoms with Crippen molar-refractivity contribution in [1.29, 1.82) is 0 Å². The molecule has 24 heavy (non-hydrogen) atoms. The Morgan fingerprint density at radius 2 is 2.12 bits per heavy atom. The van der Waals surface area contributed by atoms with Crippen LogP contribution in [0.1, 0.15) is 25.3 Å². The van der Waals surface area contributed by atoms with Crippen molar-refractivity contribution >= 4 is 27.3 Å². The van der Waals surface area contributed by atoms with Gasteiger partial charge in [-0.05, 0) is 25.8 Å². The lowest BCUT2D eigenvalue weighted by molar-refractivity contribution is -0.384. The molecule has 0 amide bonds. The number of benzene rings is 1. The first-order valence-corrected chi connectivity index (χ1v) is 8.23. The van der Waals surface area contributed by atoms with Gasteiger partial charge in [-0.3, -0.25) is 10.1 Å². The van der Waals surface area contributed by atoms with E-state index in [0.717, 1.165) is 12.1 Å². The van der Waals surface area contributed by atoms with Crippen molar-refractivity contribution in [1.82, 2.24) is 0 Å². The topological polar surface area (TPSA) is 84.6 Å². The van der Waals surface area contributed by atoms with Gasteiger partial charge in [0.25, 0.3) is 5.69 Å². The second-order valence-electron chi connectivity index (χ2n) is 5.90. The Bertz CT molecular complexity index is 629. The molecule has 1 aliphatic rings. The summed E-state index contributed by atoms with van der Waals surface area (Å²) in [6.07, 6.45) is -4.36. The van der Waals surface area contributed by atoms with Crippen LogP contribution in [-0.2, 0) is 6.18 Å². The number of nitro groups is 1. The maximum absolute atomic E-state index is 13.3. The van der Waals surface area contributed by atoms with Gasteiger partial charge >= 0.3 is 6.18 Å². The Balaban J connectivity index is 2.43. The summed E-state index contributed by atoms with van der Waals surface area (Å²) in [5.41, 5.74) is -3.43. The largest absolute Gasteiger partial charge is 0.492 e. The number of hydrogen-bond acceptors (Lipinski definition) is 5. The molecular formula is C14H16BrF3N2O4. The number of nitro benzene ring substituents is 1. The molecule has 1 fully saturated rings. The van der Waals surface area contributed by atoms with E-state index in [0.29, 0.717) is 5.33 Å². The van der Waals surface area contributed by atoms with Gasteiger partial charge in [-0.2, -0.15) is 13.2 Å². The van der Waals surface area contributed by atoms with E-state index in [-0.39, 0.29) is 25.2 Å². The van der Waals surface area contributed by atoms with Crippen molar-refractivity contribution in [2.45, 2.75) is 37.6 Å². The minimum atomic E-state index is -4.78. The molecule has 0 radical (unpaired) electrons. The van der Waals surface area contributed by atoms with E-state index in [9.17, 15) is 28.4 Å². The fraction of sp³-hybridized carbons (Fsp3) is 0.571. The lowest BCUT2D eigenvalue weighted by Crippen LogP contribution is -2.48. The van der Waals surface area contributed by atoms with E-state index >= 15 is 0 Å². The highest BCUT2D eigenvalue weighted by molar-refractivity contribution is 9.09. The van der Waals surface area contributed by atoms with Gasteiger partial charge in [0.15, 0.2) is 0 Å². The number of alkyl halides is 4. The van der Waals surface area contributed by atoms with Crippen LogP contribution in [0.15, 0.2) is 12.1 Å². The zero-order valence-corrected chi connectivity index (χ0v) is 14.3. The Morgan fingerprint density at radius 1 is 1.50 bits per heavy atom. The fourth-order valence-corrected chi connectivity index (χ4v) is 2.83. The van der Waals surface area contributed by atoms with Gasteiger partial charge in [-0.25, -0.2) is 0 Å². The third-order valence-electron chi connectivity index (χ3n) is 3.66. The molecule has 2 N–H and O–H groups in total. The Labute approximate surface area is 144 Å². The molecule has 0 aliphatic heterocycles. The van der Waals surface area contributed by atoms with E-state index in [1.165, 1.54) is 0 Å². The summed E-state index contributed by atoms with van der Waals surface area (Å²) >= 11 is 3.07. The predicted molar refractivity (Wildman–Crippen MR) is 84.7 cm³/mol. The summed E-state index contributed by atoms with van der Waals surface area (Å²) in [6, 6.07) is 1.25. The molecule has 1 saturated carbocycles. The molecule has 1 aliphatic carbocycles. The molecule has 0 heterocycles. The summed E-state index contributed by atoms with van der Waals surface area (Å²) in [5, 5.41) is 23.8. The highest BCUT2D eigenvalue weighted by Crippen LogP contribution is 2.45. The number of hydrogen-bond donors (Lipinski definition) is 2. The van der Waals surface area contributed by atoms with Crippen LogP contribution < -0.4 is 10.1 Å². The fourth-order valence-electron chi connectivity index (χ4n) is 2.67. The standard InChI is InChI=1S/C14H16BrF3N2O4/c1-13(21)6-8(7-13)19-12-10(14(16,17)18)4-9(24-3-2-15)5-11(12)20(22)23/h4-5,8,19,21H,2-3,6-7H2,1H3. The summed E-state index contributed by atoms with van der Waals surface area (Å²) in [7, 11) is 0. The average Bonchev–Trinajstić information content (AvgIpc) is 2.42. The van der Waals surface area contributed by atoms with Gasteiger partial charge in [0.05, 0.1) is 28.8 Å². The Hall–Kier alpha value is -1.55. The number of ether oxygens (including phenoxy) is 1. The Morgan fingerprint density at radius 3 is 2.58 bits per heavy atom. The van der Waals surface area contributed by atoms with Crippen LogP contribution in [-0.4, -0.2) is 33.6 Å². The molecule has 1 aromatic rings. The molecule has 2 rings (SSSR count). The van der Waals surface area contributed by atoms with Crippen LogP contribution in [0, 0.1) is 10.1 Å². The molecule has 1 aromatic carbocycles. The summed E-state index contributed by atoms with van der Waals surface area (Å²) in [4.78, 5) is 10.3. The first-order chi connectivity index (χ1) is 11.0. The number of nitrogens with one attached hydrogen (secondary N) is 1. The third kappa shape index (κ3) is 4.29. The molecule has 0 atom stereocenters. The smallest absolute Gasteiger partial charge is 0.418 e. The molecule has 10 heteroatoms. The van der Waals surface area contributed by atoms with Crippen molar-refractivity contribution in [3.05, 3.63) is 27.8 Å². The number of nitrogens with zero attached hydrogens (tertiary/aromatic N) is 1. The molecule has 0 spiro atoms. The van der Waals surface area contributed by atoms with Gasteiger partial charge in [0.2, 0.25) is 0 Å². The summed E-state index contributed by atoms with van der Waals surface area (Å²) < 4.78 is 45.1. The molecule has 134 valence electrons. The second-order valence-corrected chi connectivity index (χ2v) is 6.70. The van der Waals surface area contributed by atoms with Crippen molar-refractivity contribution in [2.75, 3.05) is 17.3 Å². The highest BCUT2D eigenvalue weighted by atomic mass is 79.9. The van der Waals surface area contributed by atoms with Crippen LogP contribution in [0.5, 0.6) is 5.75 Å². The third-order valence-corrected chi connectivity index (χ3v) is 3.98. The average molecular weight is 413 g/mol. The maximum atomic E-state index is 13.3. The van der Waals surface area contributed by atoms with Gasteiger partial charge in [0, 0.05) is 11.4 Å².